The number of nitrogens with one attached hydrogen (secondary N) is 2. The van der Waals surface area contributed by atoms with Crippen molar-refractivity contribution in [2.75, 3.05) is 10.6 Å². The van der Waals surface area contributed by atoms with E-state index < -0.39 is 0 Å². The molecule has 0 atom stereocenters. The molecule has 0 saturated heterocycles. The Bertz CT molecular complexity index is 891. The lowest BCUT2D eigenvalue weighted by Gasteiger charge is -2.11. The number of benzene rings is 2. The third-order valence-corrected chi connectivity index (χ3v) is 4.15. The first-order chi connectivity index (χ1) is 12.2. The lowest BCUT2D eigenvalue weighted by Crippen LogP contribution is -2.07. The molecule has 1 saturated carbocycles. The molecule has 25 heavy (non-hydrogen) atoms. The molecule has 0 amide bonds. The quantitative estimate of drug-likeness (QED) is 0.696. The zero-order chi connectivity index (χ0) is 17.2. The molecule has 1 aromatic heterocycles. The van der Waals surface area contributed by atoms with Gasteiger partial charge in [-0.3, -0.25) is 0 Å². The molecule has 0 aliphatic heterocycles. The number of aryl methyl sites for hydroxylation is 1. The molecule has 126 valence electrons. The molecule has 1 heterocycles. The number of halogens is 1. The Morgan fingerprint density at radius 1 is 1.00 bits per heavy atom. The Morgan fingerprint density at radius 3 is 2.52 bits per heavy atom. The number of hydrogen-bond donors (Lipinski definition) is 2. The summed E-state index contributed by atoms with van der Waals surface area (Å²) in [7, 11) is 0. The van der Waals surface area contributed by atoms with E-state index in [1.54, 1.807) is 13.0 Å². The number of rotatable bonds is 5. The minimum absolute atomic E-state index is 0.237. The summed E-state index contributed by atoms with van der Waals surface area (Å²) in [5.74, 6) is 0.998. The molecule has 1 aliphatic rings. The fraction of sp³-hybridized carbons (Fsp3) is 0.200. The van der Waals surface area contributed by atoms with Crippen molar-refractivity contribution in [2.45, 2.75) is 25.8 Å². The van der Waals surface area contributed by atoms with Crippen LogP contribution in [0.3, 0.4) is 0 Å². The van der Waals surface area contributed by atoms with Crippen molar-refractivity contribution in [3.05, 3.63) is 66.0 Å². The zero-order valence-corrected chi connectivity index (χ0v) is 14.0. The summed E-state index contributed by atoms with van der Waals surface area (Å²) in [4.78, 5) is 9.15. The first-order valence-corrected chi connectivity index (χ1v) is 8.41. The van der Waals surface area contributed by atoms with Gasteiger partial charge in [0.2, 0.25) is 5.95 Å². The molecule has 0 spiro atoms. The van der Waals surface area contributed by atoms with Gasteiger partial charge in [0, 0.05) is 23.4 Å². The second-order valence-electron chi connectivity index (χ2n) is 6.34. The average Bonchev–Trinajstić information content (AvgIpc) is 3.43. The van der Waals surface area contributed by atoms with Crippen LogP contribution < -0.4 is 10.6 Å². The van der Waals surface area contributed by atoms with E-state index in [1.165, 1.54) is 6.07 Å². The lowest BCUT2D eigenvalue weighted by molar-refractivity contribution is 0.619. The highest BCUT2D eigenvalue weighted by Gasteiger charge is 2.22. The van der Waals surface area contributed by atoms with Crippen LogP contribution in [0.25, 0.3) is 11.3 Å². The second-order valence-corrected chi connectivity index (χ2v) is 6.34. The van der Waals surface area contributed by atoms with E-state index in [0.29, 0.717) is 29.1 Å². The van der Waals surface area contributed by atoms with E-state index in [2.05, 4.69) is 20.6 Å². The monoisotopic (exact) mass is 334 g/mol. The number of anilines is 3. The fourth-order valence-electron chi connectivity index (χ4n) is 2.56. The summed E-state index contributed by atoms with van der Waals surface area (Å²) in [6.07, 6.45) is 2.29. The van der Waals surface area contributed by atoms with Gasteiger partial charge in [-0.1, -0.05) is 36.4 Å². The van der Waals surface area contributed by atoms with Gasteiger partial charge in [0.05, 0.1) is 5.69 Å². The van der Waals surface area contributed by atoms with Crippen LogP contribution in [-0.4, -0.2) is 16.0 Å². The molecular formula is C20H19FN4. The van der Waals surface area contributed by atoms with E-state index in [4.69, 9.17) is 0 Å². The summed E-state index contributed by atoms with van der Waals surface area (Å²) in [5.41, 5.74) is 3.13. The zero-order valence-electron chi connectivity index (χ0n) is 14.0. The summed E-state index contributed by atoms with van der Waals surface area (Å²) >= 11 is 0. The number of nitrogens with zero attached hydrogens (tertiary/aromatic N) is 2. The number of aromatic nitrogens is 2. The Hall–Kier alpha value is -2.95. The van der Waals surface area contributed by atoms with E-state index >= 15 is 0 Å². The van der Waals surface area contributed by atoms with Gasteiger partial charge in [-0.05, 0) is 37.5 Å². The van der Waals surface area contributed by atoms with Crippen molar-refractivity contribution >= 4 is 17.5 Å². The van der Waals surface area contributed by atoms with E-state index in [0.717, 1.165) is 24.1 Å². The predicted octanol–water partition coefficient (Wildman–Crippen LogP) is 4.91. The van der Waals surface area contributed by atoms with Gasteiger partial charge in [-0.2, -0.15) is 4.98 Å². The highest BCUT2D eigenvalue weighted by Crippen LogP contribution is 2.27. The maximum Gasteiger partial charge on any atom is 0.225 e. The molecule has 0 unspecified atom stereocenters. The summed E-state index contributed by atoms with van der Waals surface area (Å²) in [6, 6.07) is 17.4. The van der Waals surface area contributed by atoms with Gasteiger partial charge in [0.15, 0.2) is 0 Å². The molecule has 4 rings (SSSR count). The van der Waals surface area contributed by atoms with Crippen LogP contribution in [0.5, 0.6) is 0 Å². The molecule has 1 fully saturated rings. The minimum Gasteiger partial charge on any atom is -0.351 e. The molecule has 2 aromatic carbocycles. The summed E-state index contributed by atoms with van der Waals surface area (Å²) in [6.45, 7) is 1.75. The van der Waals surface area contributed by atoms with Crippen molar-refractivity contribution < 1.29 is 4.39 Å². The third kappa shape index (κ3) is 3.76. The third-order valence-electron chi connectivity index (χ3n) is 4.15. The topological polar surface area (TPSA) is 49.8 Å². The van der Waals surface area contributed by atoms with Crippen molar-refractivity contribution in [3.8, 4) is 11.3 Å². The molecule has 3 aromatic rings. The van der Waals surface area contributed by atoms with Crippen LogP contribution in [0.1, 0.15) is 18.4 Å². The smallest absolute Gasteiger partial charge is 0.225 e. The van der Waals surface area contributed by atoms with Crippen molar-refractivity contribution in [1.82, 2.24) is 9.97 Å². The molecule has 1 aliphatic carbocycles. The second kappa shape index (κ2) is 6.51. The Morgan fingerprint density at radius 2 is 1.80 bits per heavy atom. The normalized spacial score (nSPS) is 13.5. The largest absolute Gasteiger partial charge is 0.351 e. The Balaban J connectivity index is 1.68. The highest BCUT2D eigenvalue weighted by atomic mass is 19.1. The predicted molar refractivity (Wildman–Crippen MR) is 98.5 cm³/mol. The maximum atomic E-state index is 13.8. The first kappa shape index (κ1) is 15.6. The Kier molecular flexibility index (Phi) is 4.06. The van der Waals surface area contributed by atoms with Crippen molar-refractivity contribution in [3.63, 3.8) is 0 Å². The molecule has 4 nitrogen and oxygen atoms in total. The van der Waals surface area contributed by atoms with Crippen LogP contribution in [0.15, 0.2) is 54.6 Å². The van der Waals surface area contributed by atoms with Gasteiger partial charge in [0.25, 0.3) is 0 Å². The minimum atomic E-state index is -0.237. The van der Waals surface area contributed by atoms with E-state index in [1.807, 2.05) is 42.5 Å². The van der Waals surface area contributed by atoms with Gasteiger partial charge < -0.3 is 10.6 Å². The highest BCUT2D eigenvalue weighted by molar-refractivity contribution is 5.67. The average molecular weight is 334 g/mol. The molecule has 0 radical (unpaired) electrons. The van der Waals surface area contributed by atoms with Crippen LogP contribution in [0.2, 0.25) is 0 Å². The van der Waals surface area contributed by atoms with E-state index in [9.17, 15) is 4.39 Å². The molecule has 2 N–H and O–H groups in total. The van der Waals surface area contributed by atoms with E-state index in [-0.39, 0.29) is 5.82 Å². The maximum absolute atomic E-state index is 13.8. The number of hydrogen-bond acceptors (Lipinski definition) is 4. The van der Waals surface area contributed by atoms with Crippen molar-refractivity contribution in [1.29, 1.82) is 0 Å². The van der Waals surface area contributed by atoms with Crippen LogP contribution in [0, 0.1) is 12.7 Å². The van der Waals surface area contributed by atoms with Crippen LogP contribution in [-0.2, 0) is 0 Å². The lowest BCUT2D eigenvalue weighted by atomic mass is 10.1. The van der Waals surface area contributed by atoms with Crippen LogP contribution in [0.4, 0.5) is 21.8 Å². The van der Waals surface area contributed by atoms with Gasteiger partial charge in [-0.15, -0.1) is 0 Å². The molecule has 0 bridgehead atoms. The molecule has 5 heteroatoms. The van der Waals surface area contributed by atoms with Gasteiger partial charge >= 0.3 is 0 Å². The standard InChI is InChI=1S/C20H19FN4/c1-13-7-8-16(11-17(13)21)22-19-12-18(14-5-3-2-4-6-14)24-20(25-19)23-15-9-10-15/h2-8,11-12,15H,9-10H2,1H3,(H2,22,23,24,25). The van der Waals surface area contributed by atoms with Gasteiger partial charge in [-0.25, -0.2) is 9.37 Å². The van der Waals surface area contributed by atoms with Crippen LogP contribution >= 0.6 is 0 Å². The fourth-order valence-corrected chi connectivity index (χ4v) is 2.56. The SMILES string of the molecule is Cc1ccc(Nc2cc(-c3ccccc3)nc(NC3CC3)n2)cc1F. The van der Waals surface area contributed by atoms with Gasteiger partial charge in [0.1, 0.15) is 11.6 Å². The summed E-state index contributed by atoms with van der Waals surface area (Å²) < 4.78 is 13.8. The Labute approximate surface area is 146 Å². The van der Waals surface area contributed by atoms with Crippen molar-refractivity contribution in [2.24, 2.45) is 0 Å². The molecular weight excluding hydrogens is 315 g/mol. The first-order valence-electron chi connectivity index (χ1n) is 8.41. The summed E-state index contributed by atoms with van der Waals surface area (Å²) in [5, 5.41) is 6.52.